The zero-order valence-electron chi connectivity index (χ0n) is 12.1. The molecule has 0 aromatic rings. The fraction of sp³-hybridized carbons (Fsp3) is 1.00. The molecule has 0 aromatic carbocycles. The predicted molar refractivity (Wildman–Crippen MR) is 71.5 cm³/mol. The number of methoxy groups -OCH3 is 1. The van der Waals surface area contributed by atoms with Crippen LogP contribution in [0.1, 0.15) is 58.8 Å². The SMILES string of the molecule is CCC1CCC(COC2(OC)CCCC2CC)O1. The Hall–Kier alpha value is -0.120. The summed E-state index contributed by atoms with van der Waals surface area (Å²) in [6.07, 6.45) is 8.77. The highest BCUT2D eigenvalue weighted by atomic mass is 16.7. The molecule has 0 spiro atoms. The van der Waals surface area contributed by atoms with Gasteiger partial charge in [0, 0.05) is 19.4 Å². The van der Waals surface area contributed by atoms with Gasteiger partial charge in [-0.05, 0) is 38.5 Å². The van der Waals surface area contributed by atoms with E-state index in [-0.39, 0.29) is 11.9 Å². The Morgan fingerprint density at radius 1 is 1.11 bits per heavy atom. The molecule has 2 rings (SSSR count). The van der Waals surface area contributed by atoms with Crippen molar-refractivity contribution in [2.45, 2.75) is 76.8 Å². The summed E-state index contributed by atoms with van der Waals surface area (Å²) in [4.78, 5) is 0. The molecule has 0 bridgehead atoms. The van der Waals surface area contributed by atoms with Gasteiger partial charge >= 0.3 is 0 Å². The standard InChI is InChI=1S/C15H28O3/c1-4-12-7-6-10-15(12,16-3)17-11-14-9-8-13(5-2)18-14/h12-14H,4-11H2,1-3H3. The van der Waals surface area contributed by atoms with E-state index >= 15 is 0 Å². The minimum absolute atomic E-state index is 0.278. The highest BCUT2D eigenvalue weighted by Crippen LogP contribution is 2.41. The molecule has 1 heterocycles. The monoisotopic (exact) mass is 256 g/mol. The molecule has 2 aliphatic rings. The van der Waals surface area contributed by atoms with Crippen LogP contribution in [0.3, 0.4) is 0 Å². The van der Waals surface area contributed by atoms with Crippen molar-refractivity contribution in [2.24, 2.45) is 5.92 Å². The van der Waals surface area contributed by atoms with Crippen molar-refractivity contribution in [2.75, 3.05) is 13.7 Å². The van der Waals surface area contributed by atoms with E-state index in [0.717, 1.165) is 25.7 Å². The van der Waals surface area contributed by atoms with Crippen LogP contribution < -0.4 is 0 Å². The van der Waals surface area contributed by atoms with Crippen molar-refractivity contribution in [3.63, 3.8) is 0 Å². The van der Waals surface area contributed by atoms with Gasteiger partial charge in [0.2, 0.25) is 0 Å². The average Bonchev–Trinajstić information content (AvgIpc) is 3.03. The summed E-state index contributed by atoms with van der Waals surface area (Å²) in [6.45, 7) is 5.11. The van der Waals surface area contributed by atoms with E-state index in [0.29, 0.717) is 18.6 Å². The van der Waals surface area contributed by atoms with Crippen molar-refractivity contribution < 1.29 is 14.2 Å². The Kier molecular flexibility index (Phi) is 5.05. The van der Waals surface area contributed by atoms with Gasteiger partial charge in [0.15, 0.2) is 5.79 Å². The van der Waals surface area contributed by atoms with Crippen molar-refractivity contribution >= 4 is 0 Å². The van der Waals surface area contributed by atoms with Gasteiger partial charge in [0.05, 0.1) is 18.8 Å². The maximum atomic E-state index is 6.17. The second-order valence-electron chi connectivity index (χ2n) is 5.69. The van der Waals surface area contributed by atoms with Crippen LogP contribution in [0.2, 0.25) is 0 Å². The summed E-state index contributed by atoms with van der Waals surface area (Å²) < 4.78 is 17.9. The molecular weight excluding hydrogens is 228 g/mol. The van der Waals surface area contributed by atoms with Crippen molar-refractivity contribution in [3.8, 4) is 0 Å². The average molecular weight is 256 g/mol. The summed E-state index contributed by atoms with van der Waals surface area (Å²) in [5, 5.41) is 0. The number of hydrogen-bond donors (Lipinski definition) is 0. The lowest BCUT2D eigenvalue weighted by Crippen LogP contribution is -2.40. The first-order valence-corrected chi connectivity index (χ1v) is 7.58. The first kappa shape index (κ1) is 14.3. The van der Waals surface area contributed by atoms with Gasteiger partial charge in [0.1, 0.15) is 0 Å². The fourth-order valence-corrected chi connectivity index (χ4v) is 3.49. The molecule has 0 radical (unpaired) electrons. The van der Waals surface area contributed by atoms with Gasteiger partial charge in [-0.1, -0.05) is 13.8 Å². The maximum absolute atomic E-state index is 6.17. The van der Waals surface area contributed by atoms with Crippen LogP contribution in [-0.4, -0.2) is 31.7 Å². The fourth-order valence-electron chi connectivity index (χ4n) is 3.49. The van der Waals surface area contributed by atoms with Crippen molar-refractivity contribution in [1.29, 1.82) is 0 Å². The molecule has 1 saturated heterocycles. The normalized spacial score (nSPS) is 40.5. The van der Waals surface area contributed by atoms with Crippen LogP contribution in [0, 0.1) is 5.92 Å². The van der Waals surface area contributed by atoms with Crippen molar-refractivity contribution in [3.05, 3.63) is 0 Å². The maximum Gasteiger partial charge on any atom is 0.170 e. The highest BCUT2D eigenvalue weighted by molar-refractivity contribution is 4.86. The summed E-state index contributed by atoms with van der Waals surface area (Å²) in [7, 11) is 1.79. The lowest BCUT2D eigenvalue weighted by atomic mass is 9.99. The third-order valence-corrected chi connectivity index (χ3v) is 4.70. The van der Waals surface area contributed by atoms with E-state index in [9.17, 15) is 0 Å². The molecule has 106 valence electrons. The van der Waals surface area contributed by atoms with Crippen molar-refractivity contribution in [1.82, 2.24) is 0 Å². The second-order valence-corrected chi connectivity index (χ2v) is 5.69. The molecule has 2 fully saturated rings. The molecule has 18 heavy (non-hydrogen) atoms. The highest BCUT2D eigenvalue weighted by Gasteiger charge is 2.44. The smallest absolute Gasteiger partial charge is 0.170 e. The molecule has 0 N–H and O–H groups in total. The number of hydrogen-bond acceptors (Lipinski definition) is 3. The Morgan fingerprint density at radius 2 is 1.89 bits per heavy atom. The van der Waals surface area contributed by atoms with Gasteiger partial charge in [-0.2, -0.15) is 0 Å². The van der Waals surface area contributed by atoms with Crippen LogP contribution in [0.15, 0.2) is 0 Å². The molecule has 1 saturated carbocycles. The van der Waals surface area contributed by atoms with Gasteiger partial charge in [-0.25, -0.2) is 0 Å². The third kappa shape index (κ3) is 2.89. The lowest BCUT2D eigenvalue weighted by molar-refractivity contribution is -0.253. The summed E-state index contributed by atoms with van der Waals surface area (Å²) in [5.74, 6) is 0.216. The third-order valence-electron chi connectivity index (χ3n) is 4.70. The van der Waals surface area contributed by atoms with Gasteiger partial charge < -0.3 is 14.2 Å². The van der Waals surface area contributed by atoms with E-state index in [2.05, 4.69) is 13.8 Å². The molecule has 0 amide bonds. The molecule has 1 aliphatic carbocycles. The second kappa shape index (κ2) is 6.36. The quantitative estimate of drug-likeness (QED) is 0.681. The first-order chi connectivity index (χ1) is 8.74. The molecule has 4 atom stereocenters. The zero-order chi connectivity index (χ0) is 13.0. The molecular formula is C15H28O3. The van der Waals surface area contributed by atoms with E-state index in [1.807, 2.05) is 0 Å². The van der Waals surface area contributed by atoms with Crippen LogP contribution in [0.4, 0.5) is 0 Å². The topological polar surface area (TPSA) is 27.7 Å². The summed E-state index contributed by atoms with van der Waals surface area (Å²) in [5.41, 5.74) is 0. The lowest BCUT2D eigenvalue weighted by Gasteiger charge is -2.34. The van der Waals surface area contributed by atoms with E-state index in [1.165, 1.54) is 19.3 Å². The Balaban J connectivity index is 1.84. The largest absolute Gasteiger partial charge is 0.373 e. The van der Waals surface area contributed by atoms with E-state index in [4.69, 9.17) is 14.2 Å². The van der Waals surface area contributed by atoms with Crippen LogP contribution in [-0.2, 0) is 14.2 Å². The van der Waals surface area contributed by atoms with Gasteiger partial charge in [0.25, 0.3) is 0 Å². The van der Waals surface area contributed by atoms with Gasteiger partial charge in [-0.3, -0.25) is 0 Å². The predicted octanol–water partition coefficient (Wildman–Crippen LogP) is 3.51. The number of rotatable bonds is 6. The minimum atomic E-state index is -0.331. The molecule has 3 heteroatoms. The zero-order valence-corrected chi connectivity index (χ0v) is 12.1. The van der Waals surface area contributed by atoms with Crippen LogP contribution >= 0.6 is 0 Å². The molecule has 0 aromatic heterocycles. The first-order valence-electron chi connectivity index (χ1n) is 7.58. The minimum Gasteiger partial charge on any atom is -0.373 e. The van der Waals surface area contributed by atoms with Crippen LogP contribution in [0.25, 0.3) is 0 Å². The van der Waals surface area contributed by atoms with E-state index < -0.39 is 0 Å². The summed E-state index contributed by atoms with van der Waals surface area (Å²) in [6, 6.07) is 0. The Bertz CT molecular complexity index is 256. The molecule has 4 unspecified atom stereocenters. The van der Waals surface area contributed by atoms with Gasteiger partial charge in [-0.15, -0.1) is 0 Å². The Morgan fingerprint density at radius 3 is 2.50 bits per heavy atom. The molecule has 3 nitrogen and oxygen atoms in total. The Labute approximate surface area is 111 Å². The summed E-state index contributed by atoms with van der Waals surface area (Å²) >= 11 is 0. The van der Waals surface area contributed by atoms with E-state index in [1.54, 1.807) is 7.11 Å². The van der Waals surface area contributed by atoms with Crippen LogP contribution in [0.5, 0.6) is 0 Å². The number of ether oxygens (including phenoxy) is 3. The molecule has 1 aliphatic heterocycles.